The number of halogens is 8. The molecule has 0 aromatic carbocycles. The van der Waals surface area contributed by atoms with Gasteiger partial charge in [-0.15, -0.1) is 13.2 Å². The van der Waals surface area contributed by atoms with E-state index < -0.39 is 39.9 Å². The summed E-state index contributed by atoms with van der Waals surface area (Å²) in [4.78, 5) is 3.11. The fraction of sp³-hybridized carbons (Fsp3) is 0.375. The minimum atomic E-state index is -5.25. The van der Waals surface area contributed by atoms with E-state index in [-0.39, 0.29) is 0 Å². The van der Waals surface area contributed by atoms with Crippen LogP contribution >= 0.6 is 22.6 Å². The lowest BCUT2D eigenvalue weighted by Crippen LogP contribution is -2.21. The molecule has 0 saturated heterocycles. The summed E-state index contributed by atoms with van der Waals surface area (Å²) in [7, 11) is 0. The zero-order valence-corrected chi connectivity index (χ0v) is 10.3. The van der Waals surface area contributed by atoms with Gasteiger partial charge in [0, 0.05) is 0 Å². The predicted molar refractivity (Wildman–Crippen MR) is 53.5 cm³/mol. The molecule has 0 atom stereocenters. The first-order valence-electron chi connectivity index (χ1n) is 4.13. The number of pyridine rings is 1. The molecule has 102 valence electrons. The number of aromatic nitrogens is 1. The Morgan fingerprint density at radius 1 is 1.17 bits per heavy atom. The van der Waals surface area contributed by atoms with Crippen LogP contribution in [0.1, 0.15) is 11.1 Å². The topological polar surface area (TPSA) is 22.1 Å². The van der Waals surface area contributed by atoms with Crippen molar-refractivity contribution in [1.29, 1.82) is 0 Å². The molecule has 0 aliphatic rings. The first-order chi connectivity index (χ1) is 8.04. The number of alkyl halides is 7. The molecule has 0 aliphatic carbocycles. The average Bonchev–Trinajstić information content (AvgIpc) is 2.12. The quantitative estimate of drug-likeness (QED) is 0.432. The summed E-state index contributed by atoms with van der Waals surface area (Å²) in [5, 5.41) is 0. The molecule has 0 unspecified atom stereocenters. The van der Waals surface area contributed by atoms with Crippen molar-refractivity contribution in [2.45, 2.75) is 19.2 Å². The first kappa shape index (κ1) is 15.2. The highest BCUT2D eigenvalue weighted by Gasteiger charge is 2.39. The molecular weight excluding hydrogens is 386 g/mol. The van der Waals surface area contributed by atoms with Crippen LogP contribution in [0.2, 0.25) is 0 Å². The molecule has 0 amide bonds. The van der Waals surface area contributed by atoms with Crippen molar-refractivity contribution in [3.63, 3.8) is 0 Å². The second kappa shape index (κ2) is 5.05. The highest BCUT2D eigenvalue weighted by atomic mass is 127. The number of rotatable bonds is 2. The van der Waals surface area contributed by atoms with E-state index in [1.54, 1.807) is 0 Å². The highest BCUT2D eigenvalue weighted by molar-refractivity contribution is 14.1. The molecule has 0 bridgehead atoms. The van der Waals surface area contributed by atoms with E-state index in [2.05, 4.69) is 9.72 Å². The van der Waals surface area contributed by atoms with Gasteiger partial charge in [0.1, 0.15) is 10.4 Å². The van der Waals surface area contributed by atoms with Crippen molar-refractivity contribution >= 4 is 22.6 Å². The van der Waals surface area contributed by atoms with Gasteiger partial charge in [0.15, 0.2) is 0 Å². The van der Waals surface area contributed by atoms with E-state index in [1.165, 1.54) is 22.6 Å². The number of ether oxygens (including phenoxy) is 1. The summed E-state index contributed by atoms with van der Waals surface area (Å²) in [6.45, 7) is -1.77. The molecule has 0 N–H and O–H groups in total. The Morgan fingerprint density at radius 3 is 2.11 bits per heavy atom. The van der Waals surface area contributed by atoms with E-state index in [4.69, 9.17) is 0 Å². The van der Waals surface area contributed by atoms with Crippen LogP contribution < -0.4 is 4.74 Å². The molecule has 0 fully saturated rings. The van der Waals surface area contributed by atoms with Crippen LogP contribution in [0.15, 0.2) is 6.07 Å². The van der Waals surface area contributed by atoms with Gasteiger partial charge in [-0.05, 0) is 28.7 Å². The lowest BCUT2D eigenvalue weighted by Gasteiger charge is -2.16. The second-order valence-corrected chi connectivity index (χ2v) is 4.06. The maximum Gasteiger partial charge on any atom is 0.574 e. The number of hydrogen-bond acceptors (Lipinski definition) is 2. The van der Waals surface area contributed by atoms with Crippen LogP contribution in [-0.4, -0.2) is 11.3 Å². The van der Waals surface area contributed by atoms with Gasteiger partial charge < -0.3 is 4.74 Å². The van der Waals surface area contributed by atoms with Crippen LogP contribution in [0, 0.1) is 3.70 Å². The van der Waals surface area contributed by atoms with Crippen molar-refractivity contribution in [3.05, 3.63) is 20.9 Å². The molecule has 0 spiro atoms. The molecule has 0 radical (unpaired) electrons. The zero-order chi connectivity index (χ0) is 14.1. The SMILES string of the molecule is FCc1c(C(F)(F)F)cc(I)nc1OC(F)(F)F. The monoisotopic (exact) mass is 389 g/mol. The minimum Gasteiger partial charge on any atom is -0.387 e. The van der Waals surface area contributed by atoms with Crippen molar-refractivity contribution in [2.24, 2.45) is 0 Å². The normalized spacial score (nSPS) is 12.7. The summed E-state index contributed by atoms with van der Waals surface area (Å²) in [6.07, 6.45) is -10.2. The number of nitrogens with zero attached hydrogens (tertiary/aromatic N) is 1. The molecule has 10 heteroatoms. The maximum atomic E-state index is 12.5. The largest absolute Gasteiger partial charge is 0.574 e. The lowest BCUT2D eigenvalue weighted by atomic mass is 10.1. The van der Waals surface area contributed by atoms with Gasteiger partial charge >= 0.3 is 12.5 Å². The third-order valence-corrected chi connectivity index (χ3v) is 2.26. The van der Waals surface area contributed by atoms with Gasteiger partial charge in [0.2, 0.25) is 5.88 Å². The average molecular weight is 389 g/mol. The summed E-state index contributed by atoms with van der Waals surface area (Å²) < 4.78 is 88.7. The van der Waals surface area contributed by atoms with Crippen molar-refractivity contribution in [2.75, 3.05) is 0 Å². The van der Waals surface area contributed by atoms with Crippen LogP contribution in [0.25, 0.3) is 0 Å². The van der Waals surface area contributed by atoms with Gasteiger partial charge in [-0.25, -0.2) is 9.37 Å². The lowest BCUT2D eigenvalue weighted by molar-refractivity contribution is -0.276. The van der Waals surface area contributed by atoms with Gasteiger partial charge in [0.25, 0.3) is 0 Å². The Kier molecular flexibility index (Phi) is 4.28. The molecular formula is C8H3F7INO. The van der Waals surface area contributed by atoms with E-state index in [0.29, 0.717) is 6.07 Å². The van der Waals surface area contributed by atoms with Gasteiger partial charge in [-0.2, -0.15) is 13.2 Å². The van der Waals surface area contributed by atoms with Crippen molar-refractivity contribution in [3.8, 4) is 5.88 Å². The van der Waals surface area contributed by atoms with Crippen LogP contribution in [0.4, 0.5) is 30.7 Å². The Labute approximate surface area is 109 Å². The highest BCUT2D eigenvalue weighted by Crippen LogP contribution is 2.38. The van der Waals surface area contributed by atoms with Gasteiger partial charge in [-0.3, -0.25) is 0 Å². The molecule has 1 aromatic heterocycles. The number of hydrogen-bond donors (Lipinski definition) is 0. The zero-order valence-electron chi connectivity index (χ0n) is 8.16. The first-order valence-corrected chi connectivity index (χ1v) is 5.21. The molecule has 0 saturated carbocycles. The summed E-state index contributed by atoms with van der Waals surface area (Å²) >= 11 is 1.27. The minimum absolute atomic E-state index is 0.392. The fourth-order valence-corrected chi connectivity index (χ4v) is 1.62. The van der Waals surface area contributed by atoms with Crippen LogP contribution in [-0.2, 0) is 12.9 Å². The molecule has 1 aromatic rings. The standard InChI is InChI=1S/C8H3F7INO/c9-2-3-4(7(10,11)12)1-5(16)17-6(3)18-8(13,14)15/h1H,2H2. The molecule has 0 aliphatic heterocycles. The van der Waals surface area contributed by atoms with Crippen molar-refractivity contribution < 1.29 is 35.5 Å². The molecule has 1 heterocycles. The Hall–Kier alpha value is -0.810. The third kappa shape index (κ3) is 3.85. The Balaban J connectivity index is 3.39. The van der Waals surface area contributed by atoms with Crippen LogP contribution in [0.5, 0.6) is 5.88 Å². The van der Waals surface area contributed by atoms with Crippen LogP contribution in [0.3, 0.4) is 0 Å². The fourth-order valence-electron chi connectivity index (χ4n) is 1.09. The molecule has 1 rings (SSSR count). The van der Waals surface area contributed by atoms with Gasteiger partial charge in [0.05, 0.1) is 11.1 Å². The predicted octanol–water partition coefficient (Wildman–Crippen LogP) is 4.07. The maximum absolute atomic E-state index is 12.5. The summed E-state index contributed by atoms with van der Waals surface area (Å²) in [6, 6.07) is 0.443. The van der Waals surface area contributed by atoms with E-state index in [1.807, 2.05) is 0 Å². The van der Waals surface area contributed by atoms with E-state index in [0.717, 1.165) is 0 Å². The second-order valence-electron chi connectivity index (χ2n) is 2.96. The Bertz CT molecular complexity index is 442. The van der Waals surface area contributed by atoms with Gasteiger partial charge in [-0.1, -0.05) is 0 Å². The van der Waals surface area contributed by atoms with E-state index in [9.17, 15) is 30.7 Å². The molecule has 18 heavy (non-hydrogen) atoms. The Morgan fingerprint density at radius 2 is 1.72 bits per heavy atom. The molecule has 2 nitrogen and oxygen atoms in total. The third-order valence-electron chi connectivity index (χ3n) is 1.71. The van der Waals surface area contributed by atoms with Crippen molar-refractivity contribution in [1.82, 2.24) is 4.98 Å². The smallest absolute Gasteiger partial charge is 0.387 e. The van der Waals surface area contributed by atoms with E-state index >= 15 is 0 Å². The summed E-state index contributed by atoms with van der Waals surface area (Å²) in [5.74, 6) is -1.43. The summed E-state index contributed by atoms with van der Waals surface area (Å²) in [5.41, 5.74) is -2.82.